The highest BCUT2D eigenvalue weighted by Gasteiger charge is 2.25. The van der Waals surface area contributed by atoms with Crippen LogP contribution in [0.4, 0.5) is 0 Å². The minimum absolute atomic E-state index is 0.133. The average molecular weight is 378 g/mol. The van der Waals surface area contributed by atoms with Crippen LogP contribution in [0, 0.1) is 0 Å². The predicted octanol–water partition coefficient (Wildman–Crippen LogP) is 4.13. The first-order chi connectivity index (χ1) is 10.9. The molecule has 0 aliphatic carbocycles. The van der Waals surface area contributed by atoms with Crippen molar-refractivity contribution in [3.8, 4) is 11.5 Å². The largest absolute Gasteiger partial charge is 0.493 e. The van der Waals surface area contributed by atoms with Crippen LogP contribution in [-0.4, -0.2) is 20.1 Å². The molecule has 0 radical (unpaired) electrons. The van der Waals surface area contributed by atoms with E-state index in [-0.39, 0.29) is 5.91 Å². The summed E-state index contributed by atoms with van der Waals surface area (Å²) >= 11 is 3.38. The van der Waals surface area contributed by atoms with Crippen LogP contribution in [-0.2, 0) is 5.54 Å². The fourth-order valence-corrected chi connectivity index (χ4v) is 2.68. The lowest BCUT2D eigenvalue weighted by Gasteiger charge is -2.27. The summed E-state index contributed by atoms with van der Waals surface area (Å²) in [6.07, 6.45) is 0. The molecule has 2 rings (SSSR count). The minimum atomic E-state index is -0.557. The molecular weight excluding hydrogens is 358 g/mol. The molecular formula is C18H20BrNO3. The number of nitrogens with one attached hydrogen (secondary N) is 1. The Hall–Kier alpha value is -2.01. The molecule has 0 fully saturated rings. The van der Waals surface area contributed by atoms with Gasteiger partial charge in [0, 0.05) is 10.0 Å². The number of hydrogen-bond acceptors (Lipinski definition) is 3. The van der Waals surface area contributed by atoms with E-state index in [1.54, 1.807) is 26.4 Å². The van der Waals surface area contributed by atoms with Crippen molar-refractivity contribution < 1.29 is 14.3 Å². The summed E-state index contributed by atoms with van der Waals surface area (Å²) in [5.74, 6) is 1.16. The van der Waals surface area contributed by atoms with Crippen LogP contribution in [0.15, 0.2) is 46.9 Å². The molecule has 0 aliphatic rings. The van der Waals surface area contributed by atoms with Crippen LogP contribution in [0.1, 0.15) is 29.8 Å². The molecule has 23 heavy (non-hydrogen) atoms. The quantitative estimate of drug-likeness (QED) is 0.851. The first kappa shape index (κ1) is 17.3. The van der Waals surface area contributed by atoms with Gasteiger partial charge in [0.15, 0.2) is 11.5 Å². The second kappa shape index (κ2) is 7.04. The highest BCUT2D eigenvalue weighted by atomic mass is 79.9. The van der Waals surface area contributed by atoms with Crippen LogP contribution in [0.3, 0.4) is 0 Å². The first-order valence-corrected chi connectivity index (χ1v) is 7.97. The number of hydrogen-bond donors (Lipinski definition) is 1. The molecule has 0 bridgehead atoms. The molecule has 0 heterocycles. The zero-order valence-corrected chi connectivity index (χ0v) is 15.2. The monoisotopic (exact) mass is 377 g/mol. The lowest BCUT2D eigenvalue weighted by atomic mass is 9.93. The maximum atomic E-state index is 12.5. The number of ether oxygens (including phenoxy) is 2. The summed E-state index contributed by atoms with van der Waals surface area (Å²) in [7, 11) is 3.19. The van der Waals surface area contributed by atoms with Gasteiger partial charge in [-0.05, 0) is 49.7 Å². The number of rotatable bonds is 5. The minimum Gasteiger partial charge on any atom is -0.493 e. The van der Waals surface area contributed by atoms with Gasteiger partial charge in [0.05, 0.1) is 19.8 Å². The average Bonchev–Trinajstić information content (AvgIpc) is 2.53. The molecule has 1 N–H and O–H groups in total. The van der Waals surface area contributed by atoms with Crippen molar-refractivity contribution in [2.24, 2.45) is 0 Å². The standard InChI is InChI=1S/C18H20BrNO3/c1-18(2,13-8-9-15(22-3)16(11-13)23-4)20-17(21)12-6-5-7-14(19)10-12/h5-11H,1-4H3,(H,20,21). The maximum Gasteiger partial charge on any atom is 0.251 e. The normalized spacial score (nSPS) is 11.0. The Morgan fingerprint density at radius 1 is 1.04 bits per heavy atom. The van der Waals surface area contributed by atoms with E-state index in [0.717, 1.165) is 10.0 Å². The van der Waals surface area contributed by atoms with E-state index in [1.807, 2.05) is 44.2 Å². The molecule has 0 spiro atoms. The van der Waals surface area contributed by atoms with Gasteiger partial charge < -0.3 is 14.8 Å². The number of amides is 1. The third-order valence-corrected chi connectivity index (χ3v) is 4.11. The molecule has 0 atom stereocenters. The zero-order chi connectivity index (χ0) is 17.0. The van der Waals surface area contributed by atoms with Crippen LogP contribution in [0.25, 0.3) is 0 Å². The molecule has 2 aromatic rings. The topological polar surface area (TPSA) is 47.6 Å². The highest BCUT2D eigenvalue weighted by molar-refractivity contribution is 9.10. The van der Waals surface area contributed by atoms with E-state index < -0.39 is 5.54 Å². The van der Waals surface area contributed by atoms with E-state index in [4.69, 9.17) is 9.47 Å². The number of carbonyl (C=O) groups excluding carboxylic acids is 1. The Labute approximate surface area is 144 Å². The van der Waals surface area contributed by atoms with Gasteiger partial charge in [-0.3, -0.25) is 4.79 Å². The van der Waals surface area contributed by atoms with Crippen molar-refractivity contribution in [2.75, 3.05) is 14.2 Å². The predicted molar refractivity (Wildman–Crippen MR) is 94.2 cm³/mol. The summed E-state index contributed by atoms with van der Waals surface area (Å²) in [6, 6.07) is 12.9. The Kier molecular flexibility index (Phi) is 5.31. The second-order valence-corrected chi connectivity index (χ2v) is 6.57. The highest BCUT2D eigenvalue weighted by Crippen LogP contribution is 2.32. The van der Waals surface area contributed by atoms with Gasteiger partial charge in [-0.15, -0.1) is 0 Å². The number of carbonyl (C=O) groups is 1. The van der Waals surface area contributed by atoms with Crippen molar-refractivity contribution in [3.63, 3.8) is 0 Å². The molecule has 0 aromatic heterocycles. The molecule has 1 amide bonds. The third kappa shape index (κ3) is 4.05. The molecule has 0 saturated carbocycles. The summed E-state index contributed by atoms with van der Waals surface area (Å²) in [5, 5.41) is 3.05. The van der Waals surface area contributed by atoms with E-state index in [0.29, 0.717) is 17.1 Å². The van der Waals surface area contributed by atoms with Crippen molar-refractivity contribution >= 4 is 21.8 Å². The van der Waals surface area contributed by atoms with Gasteiger partial charge >= 0.3 is 0 Å². The van der Waals surface area contributed by atoms with Crippen LogP contribution in [0.5, 0.6) is 11.5 Å². The maximum absolute atomic E-state index is 12.5. The van der Waals surface area contributed by atoms with Gasteiger partial charge in [-0.25, -0.2) is 0 Å². The summed E-state index contributed by atoms with van der Waals surface area (Å²) in [6.45, 7) is 3.90. The van der Waals surface area contributed by atoms with E-state index in [9.17, 15) is 4.79 Å². The number of benzene rings is 2. The smallest absolute Gasteiger partial charge is 0.251 e. The molecule has 4 nitrogen and oxygen atoms in total. The SMILES string of the molecule is COc1ccc(C(C)(C)NC(=O)c2cccc(Br)c2)cc1OC. The Bertz CT molecular complexity index is 713. The molecule has 0 saturated heterocycles. The van der Waals surface area contributed by atoms with E-state index in [1.165, 1.54) is 0 Å². The van der Waals surface area contributed by atoms with Crippen molar-refractivity contribution in [3.05, 3.63) is 58.1 Å². The fourth-order valence-electron chi connectivity index (χ4n) is 2.28. The summed E-state index contributed by atoms with van der Waals surface area (Å²) in [4.78, 5) is 12.5. The lowest BCUT2D eigenvalue weighted by Crippen LogP contribution is -2.41. The second-order valence-electron chi connectivity index (χ2n) is 5.66. The molecule has 5 heteroatoms. The first-order valence-electron chi connectivity index (χ1n) is 7.18. The fraction of sp³-hybridized carbons (Fsp3) is 0.278. The summed E-state index contributed by atoms with van der Waals surface area (Å²) < 4.78 is 11.5. The van der Waals surface area contributed by atoms with Crippen molar-refractivity contribution in [1.29, 1.82) is 0 Å². The van der Waals surface area contributed by atoms with Gasteiger partial charge in [0.25, 0.3) is 5.91 Å². The lowest BCUT2D eigenvalue weighted by molar-refractivity contribution is 0.0912. The van der Waals surface area contributed by atoms with Crippen molar-refractivity contribution in [1.82, 2.24) is 5.32 Å². The van der Waals surface area contributed by atoms with Crippen LogP contribution in [0.2, 0.25) is 0 Å². The third-order valence-electron chi connectivity index (χ3n) is 3.62. The summed E-state index contributed by atoms with van der Waals surface area (Å²) in [5.41, 5.74) is 0.977. The Morgan fingerprint density at radius 2 is 1.74 bits per heavy atom. The molecule has 2 aromatic carbocycles. The Morgan fingerprint density at radius 3 is 2.35 bits per heavy atom. The van der Waals surface area contributed by atoms with Gasteiger partial charge in [0.2, 0.25) is 0 Å². The van der Waals surface area contributed by atoms with Crippen LogP contribution >= 0.6 is 15.9 Å². The van der Waals surface area contributed by atoms with E-state index >= 15 is 0 Å². The molecule has 0 unspecified atom stereocenters. The van der Waals surface area contributed by atoms with Gasteiger partial charge in [-0.2, -0.15) is 0 Å². The molecule has 0 aliphatic heterocycles. The molecule has 122 valence electrons. The van der Waals surface area contributed by atoms with Crippen molar-refractivity contribution in [2.45, 2.75) is 19.4 Å². The zero-order valence-electron chi connectivity index (χ0n) is 13.6. The number of halogens is 1. The van der Waals surface area contributed by atoms with Gasteiger partial charge in [-0.1, -0.05) is 28.1 Å². The number of methoxy groups -OCH3 is 2. The van der Waals surface area contributed by atoms with Gasteiger partial charge in [0.1, 0.15) is 0 Å². The van der Waals surface area contributed by atoms with Crippen LogP contribution < -0.4 is 14.8 Å². The van der Waals surface area contributed by atoms with E-state index in [2.05, 4.69) is 21.2 Å². The Balaban J connectivity index is 2.26.